The molecule has 1 rings (SSSR count). The largest absolute Gasteiger partial charge is 0.376 e. The Labute approximate surface area is 105 Å². The SMILES string of the molecule is CC(C)(N)CC(C)(C)COCc1ccccc1. The standard InChI is InChI=1S/C15H25NO/c1-14(2,11-15(3,4)16)12-17-10-13-8-6-5-7-9-13/h5-9H,10-12,16H2,1-4H3. The molecule has 0 saturated carbocycles. The van der Waals surface area contributed by atoms with E-state index in [-0.39, 0.29) is 11.0 Å². The van der Waals surface area contributed by atoms with Crippen molar-refractivity contribution in [3.8, 4) is 0 Å². The van der Waals surface area contributed by atoms with Crippen LogP contribution in [0.15, 0.2) is 30.3 Å². The van der Waals surface area contributed by atoms with Gasteiger partial charge in [0.15, 0.2) is 0 Å². The molecule has 1 aromatic carbocycles. The highest BCUT2D eigenvalue weighted by Crippen LogP contribution is 2.27. The van der Waals surface area contributed by atoms with Crippen LogP contribution in [-0.2, 0) is 11.3 Å². The van der Waals surface area contributed by atoms with Crippen LogP contribution in [0.2, 0.25) is 0 Å². The van der Waals surface area contributed by atoms with Gasteiger partial charge in [0.1, 0.15) is 0 Å². The summed E-state index contributed by atoms with van der Waals surface area (Å²) in [5.74, 6) is 0. The van der Waals surface area contributed by atoms with Crippen molar-refractivity contribution in [1.29, 1.82) is 0 Å². The summed E-state index contributed by atoms with van der Waals surface area (Å²) in [6, 6.07) is 10.3. The van der Waals surface area contributed by atoms with Crippen molar-refractivity contribution in [2.24, 2.45) is 11.1 Å². The molecule has 0 radical (unpaired) electrons. The zero-order valence-electron chi connectivity index (χ0n) is 11.5. The molecule has 0 heterocycles. The predicted molar refractivity (Wildman–Crippen MR) is 72.8 cm³/mol. The van der Waals surface area contributed by atoms with Crippen LogP contribution < -0.4 is 5.73 Å². The van der Waals surface area contributed by atoms with E-state index in [0.29, 0.717) is 6.61 Å². The normalized spacial score (nSPS) is 12.8. The molecule has 0 amide bonds. The van der Waals surface area contributed by atoms with Gasteiger partial charge in [-0.25, -0.2) is 0 Å². The van der Waals surface area contributed by atoms with Crippen LogP contribution >= 0.6 is 0 Å². The second-order valence-corrected chi connectivity index (χ2v) is 6.31. The van der Waals surface area contributed by atoms with E-state index in [4.69, 9.17) is 10.5 Å². The summed E-state index contributed by atoms with van der Waals surface area (Å²) >= 11 is 0. The molecule has 0 atom stereocenters. The molecular weight excluding hydrogens is 210 g/mol. The van der Waals surface area contributed by atoms with Crippen LogP contribution in [0.25, 0.3) is 0 Å². The van der Waals surface area contributed by atoms with E-state index in [9.17, 15) is 0 Å². The molecule has 0 spiro atoms. The van der Waals surface area contributed by atoms with Gasteiger partial charge in [-0.15, -0.1) is 0 Å². The van der Waals surface area contributed by atoms with Crippen LogP contribution in [0, 0.1) is 5.41 Å². The number of rotatable bonds is 6. The van der Waals surface area contributed by atoms with E-state index in [1.807, 2.05) is 18.2 Å². The Bertz CT molecular complexity index is 325. The fourth-order valence-electron chi connectivity index (χ4n) is 2.30. The molecule has 0 fully saturated rings. The van der Waals surface area contributed by atoms with Crippen molar-refractivity contribution in [1.82, 2.24) is 0 Å². The van der Waals surface area contributed by atoms with Crippen LogP contribution in [0.5, 0.6) is 0 Å². The van der Waals surface area contributed by atoms with Gasteiger partial charge < -0.3 is 10.5 Å². The summed E-state index contributed by atoms with van der Waals surface area (Å²) in [5.41, 5.74) is 7.25. The third-order valence-electron chi connectivity index (χ3n) is 2.54. The Balaban J connectivity index is 2.35. The Hall–Kier alpha value is -0.860. The molecule has 2 N–H and O–H groups in total. The molecule has 0 aliphatic rings. The zero-order chi connectivity index (χ0) is 12.9. The van der Waals surface area contributed by atoms with E-state index >= 15 is 0 Å². The van der Waals surface area contributed by atoms with Crippen LogP contribution in [0.3, 0.4) is 0 Å². The maximum atomic E-state index is 6.05. The lowest BCUT2D eigenvalue weighted by Gasteiger charge is -2.32. The molecule has 0 unspecified atom stereocenters. The number of hydrogen-bond acceptors (Lipinski definition) is 2. The zero-order valence-corrected chi connectivity index (χ0v) is 11.5. The lowest BCUT2D eigenvalue weighted by molar-refractivity contribution is 0.0381. The predicted octanol–water partition coefficient (Wildman–Crippen LogP) is 3.36. The first-order chi connectivity index (χ1) is 7.79. The quantitative estimate of drug-likeness (QED) is 0.820. The van der Waals surface area contributed by atoms with E-state index in [1.165, 1.54) is 5.56 Å². The Kier molecular flexibility index (Phi) is 4.72. The number of benzene rings is 1. The smallest absolute Gasteiger partial charge is 0.0717 e. The first kappa shape index (κ1) is 14.2. The van der Waals surface area contributed by atoms with E-state index < -0.39 is 0 Å². The molecule has 96 valence electrons. The van der Waals surface area contributed by atoms with Gasteiger partial charge in [-0.1, -0.05) is 44.2 Å². The van der Waals surface area contributed by atoms with Crippen LogP contribution in [-0.4, -0.2) is 12.1 Å². The second-order valence-electron chi connectivity index (χ2n) is 6.31. The van der Waals surface area contributed by atoms with Crippen molar-refractivity contribution < 1.29 is 4.74 Å². The molecule has 0 saturated heterocycles. The van der Waals surface area contributed by atoms with Crippen molar-refractivity contribution in [2.75, 3.05) is 6.61 Å². The van der Waals surface area contributed by atoms with Gasteiger partial charge in [-0.2, -0.15) is 0 Å². The maximum absolute atomic E-state index is 6.05. The molecular formula is C15H25NO. The Morgan fingerprint density at radius 3 is 2.18 bits per heavy atom. The molecule has 0 aliphatic carbocycles. The minimum atomic E-state index is -0.139. The molecule has 2 heteroatoms. The van der Waals surface area contributed by atoms with Gasteiger partial charge >= 0.3 is 0 Å². The van der Waals surface area contributed by atoms with Gasteiger partial charge in [0, 0.05) is 5.54 Å². The van der Waals surface area contributed by atoms with E-state index in [2.05, 4.69) is 39.8 Å². The van der Waals surface area contributed by atoms with Gasteiger partial charge in [-0.3, -0.25) is 0 Å². The average molecular weight is 235 g/mol. The van der Waals surface area contributed by atoms with Crippen LogP contribution in [0.4, 0.5) is 0 Å². The summed E-state index contributed by atoms with van der Waals surface area (Å²) in [4.78, 5) is 0. The van der Waals surface area contributed by atoms with Gasteiger partial charge in [0.25, 0.3) is 0 Å². The van der Waals surface area contributed by atoms with Crippen molar-refractivity contribution >= 4 is 0 Å². The summed E-state index contributed by atoms with van der Waals surface area (Å²) in [5, 5.41) is 0. The molecule has 0 aromatic heterocycles. The number of ether oxygens (including phenoxy) is 1. The topological polar surface area (TPSA) is 35.2 Å². The van der Waals surface area contributed by atoms with Crippen molar-refractivity contribution in [3.05, 3.63) is 35.9 Å². The molecule has 1 aromatic rings. The highest BCUT2D eigenvalue weighted by molar-refractivity contribution is 5.13. The monoisotopic (exact) mass is 235 g/mol. The molecule has 0 bridgehead atoms. The van der Waals surface area contributed by atoms with Gasteiger partial charge in [0.05, 0.1) is 13.2 Å². The highest BCUT2D eigenvalue weighted by atomic mass is 16.5. The molecule has 2 nitrogen and oxygen atoms in total. The third kappa shape index (κ3) is 6.44. The van der Waals surface area contributed by atoms with Crippen LogP contribution in [0.1, 0.15) is 39.7 Å². The van der Waals surface area contributed by atoms with Gasteiger partial charge in [-0.05, 0) is 31.2 Å². The summed E-state index contributed by atoms with van der Waals surface area (Å²) in [6.45, 7) is 9.94. The highest BCUT2D eigenvalue weighted by Gasteiger charge is 2.25. The summed E-state index contributed by atoms with van der Waals surface area (Å²) in [6.07, 6.45) is 0.953. The third-order valence-corrected chi connectivity index (χ3v) is 2.54. The Morgan fingerprint density at radius 2 is 1.65 bits per heavy atom. The minimum Gasteiger partial charge on any atom is -0.376 e. The van der Waals surface area contributed by atoms with Crippen molar-refractivity contribution in [3.63, 3.8) is 0 Å². The molecule has 17 heavy (non-hydrogen) atoms. The number of hydrogen-bond donors (Lipinski definition) is 1. The van der Waals surface area contributed by atoms with E-state index in [1.54, 1.807) is 0 Å². The first-order valence-electron chi connectivity index (χ1n) is 6.19. The maximum Gasteiger partial charge on any atom is 0.0717 e. The molecule has 0 aliphatic heterocycles. The fraction of sp³-hybridized carbons (Fsp3) is 0.600. The van der Waals surface area contributed by atoms with E-state index in [0.717, 1.165) is 13.0 Å². The Morgan fingerprint density at radius 1 is 1.06 bits per heavy atom. The second kappa shape index (κ2) is 5.65. The first-order valence-corrected chi connectivity index (χ1v) is 6.19. The minimum absolute atomic E-state index is 0.118. The average Bonchev–Trinajstić information content (AvgIpc) is 2.15. The fourth-order valence-corrected chi connectivity index (χ4v) is 2.30. The van der Waals surface area contributed by atoms with Gasteiger partial charge in [0.2, 0.25) is 0 Å². The lowest BCUT2D eigenvalue weighted by Crippen LogP contribution is -2.39. The summed E-state index contributed by atoms with van der Waals surface area (Å²) < 4.78 is 5.77. The lowest BCUT2D eigenvalue weighted by atomic mass is 9.81. The number of nitrogens with two attached hydrogens (primary N) is 1. The summed E-state index contributed by atoms with van der Waals surface area (Å²) in [7, 11) is 0. The van der Waals surface area contributed by atoms with Crippen molar-refractivity contribution in [2.45, 2.75) is 46.3 Å².